The number of amides is 1. The molecular formula is C12H22ClNO. The molecule has 1 aliphatic carbocycles. The molecule has 3 atom stereocenters. The molecular weight excluding hydrogens is 210 g/mol. The first-order chi connectivity index (χ1) is 7.06. The predicted molar refractivity (Wildman–Crippen MR) is 64.0 cm³/mol. The Kier molecular flexibility index (Phi) is 4.91. The lowest BCUT2D eigenvalue weighted by Gasteiger charge is -2.23. The monoisotopic (exact) mass is 231 g/mol. The number of hydrogen-bond acceptors (Lipinski definition) is 1. The summed E-state index contributed by atoms with van der Waals surface area (Å²) in [5.74, 6) is 1.87. The van der Waals surface area contributed by atoms with E-state index in [-0.39, 0.29) is 17.9 Å². The molecule has 1 aliphatic rings. The van der Waals surface area contributed by atoms with Gasteiger partial charge in [0.1, 0.15) is 0 Å². The highest BCUT2D eigenvalue weighted by atomic mass is 35.5. The molecule has 1 fully saturated rings. The van der Waals surface area contributed by atoms with Crippen molar-refractivity contribution in [3.8, 4) is 0 Å². The molecule has 88 valence electrons. The first-order valence-electron chi connectivity index (χ1n) is 5.92. The molecule has 15 heavy (non-hydrogen) atoms. The van der Waals surface area contributed by atoms with Gasteiger partial charge in [-0.3, -0.25) is 4.79 Å². The van der Waals surface area contributed by atoms with Gasteiger partial charge in [0, 0.05) is 17.8 Å². The van der Waals surface area contributed by atoms with Crippen molar-refractivity contribution in [1.82, 2.24) is 5.32 Å². The minimum atomic E-state index is 0.118. The van der Waals surface area contributed by atoms with Crippen LogP contribution in [0.25, 0.3) is 0 Å². The Labute approximate surface area is 97.8 Å². The predicted octanol–water partition coefficient (Wildman–Crippen LogP) is 2.80. The molecule has 1 amide bonds. The summed E-state index contributed by atoms with van der Waals surface area (Å²) >= 11 is 5.83. The van der Waals surface area contributed by atoms with Gasteiger partial charge >= 0.3 is 0 Å². The fourth-order valence-corrected chi connectivity index (χ4v) is 2.64. The summed E-state index contributed by atoms with van der Waals surface area (Å²) in [5, 5.41) is 3.07. The molecule has 0 bridgehead atoms. The van der Waals surface area contributed by atoms with Crippen molar-refractivity contribution in [3.05, 3.63) is 0 Å². The van der Waals surface area contributed by atoms with E-state index in [1.165, 1.54) is 12.8 Å². The van der Waals surface area contributed by atoms with Crippen molar-refractivity contribution in [2.45, 2.75) is 46.1 Å². The van der Waals surface area contributed by atoms with E-state index in [1.54, 1.807) is 0 Å². The molecule has 2 nitrogen and oxygen atoms in total. The maximum atomic E-state index is 12.0. The molecule has 0 heterocycles. The number of nitrogens with one attached hydrogen (secondary N) is 1. The Morgan fingerprint density at radius 1 is 1.47 bits per heavy atom. The molecule has 3 unspecified atom stereocenters. The molecule has 0 radical (unpaired) electrons. The first kappa shape index (κ1) is 12.8. The van der Waals surface area contributed by atoms with Gasteiger partial charge in [0.15, 0.2) is 0 Å². The summed E-state index contributed by atoms with van der Waals surface area (Å²) in [5.41, 5.74) is 0. The summed E-state index contributed by atoms with van der Waals surface area (Å²) < 4.78 is 0. The molecule has 0 saturated heterocycles. The maximum Gasteiger partial charge on any atom is 0.223 e. The molecule has 0 spiro atoms. The van der Waals surface area contributed by atoms with Crippen molar-refractivity contribution in [2.75, 3.05) is 5.88 Å². The number of halogens is 1. The minimum Gasteiger partial charge on any atom is -0.352 e. The van der Waals surface area contributed by atoms with Gasteiger partial charge in [0.25, 0.3) is 0 Å². The van der Waals surface area contributed by atoms with Crippen LogP contribution in [0.3, 0.4) is 0 Å². The van der Waals surface area contributed by atoms with E-state index in [1.807, 2.05) is 0 Å². The standard InChI is InChI=1S/C12H22ClNO/c1-8(2)11(7-13)14-12(15)10-6-4-5-9(10)3/h8-11H,4-7H2,1-3H3,(H,14,15). The highest BCUT2D eigenvalue weighted by Crippen LogP contribution is 2.31. The second-order valence-electron chi connectivity index (χ2n) is 5.03. The van der Waals surface area contributed by atoms with E-state index in [9.17, 15) is 4.79 Å². The van der Waals surface area contributed by atoms with Gasteiger partial charge in [0.2, 0.25) is 5.91 Å². The molecule has 0 aromatic heterocycles. The van der Waals surface area contributed by atoms with Crippen LogP contribution in [0, 0.1) is 17.8 Å². The van der Waals surface area contributed by atoms with Crippen molar-refractivity contribution >= 4 is 17.5 Å². The maximum absolute atomic E-state index is 12.0. The van der Waals surface area contributed by atoms with E-state index in [0.717, 1.165) is 6.42 Å². The largest absolute Gasteiger partial charge is 0.352 e. The van der Waals surface area contributed by atoms with Crippen LogP contribution in [0.5, 0.6) is 0 Å². The summed E-state index contributed by atoms with van der Waals surface area (Å²) in [4.78, 5) is 12.0. The summed E-state index contributed by atoms with van der Waals surface area (Å²) in [6, 6.07) is 0.118. The summed E-state index contributed by atoms with van der Waals surface area (Å²) in [6.45, 7) is 6.35. The van der Waals surface area contributed by atoms with Crippen molar-refractivity contribution in [1.29, 1.82) is 0 Å². The lowest BCUT2D eigenvalue weighted by atomic mass is 9.96. The van der Waals surface area contributed by atoms with Gasteiger partial charge in [-0.05, 0) is 24.7 Å². The van der Waals surface area contributed by atoms with E-state index < -0.39 is 0 Å². The molecule has 0 aliphatic heterocycles. The van der Waals surface area contributed by atoms with Crippen LogP contribution in [-0.2, 0) is 4.79 Å². The fraction of sp³-hybridized carbons (Fsp3) is 0.917. The number of rotatable bonds is 4. The highest BCUT2D eigenvalue weighted by Gasteiger charge is 2.30. The average molecular weight is 232 g/mol. The highest BCUT2D eigenvalue weighted by molar-refractivity contribution is 6.18. The molecule has 1 rings (SSSR count). The minimum absolute atomic E-state index is 0.118. The van der Waals surface area contributed by atoms with Crippen molar-refractivity contribution in [3.63, 3.8) is 0 Å². The summed E-state index contributed by atoms with van der Waals surface area (Å²) in [6.07, 6.45) is 3.41. The van der Waals surface area contributed by atoms with E-state index in [4.69, 9.17) is 11.6 Å². The zero-order valence-corrected chi connectivity index (χ0v) is 10.7. The first-order valence-corrected chi connectivity index (χ1v) is 6.46. The SMILES string of the molecule is CC(C)C(CCl)NC(=O)C1CCCC1C. The van der Waals surface area contributed by atoms with Crippen LogP contribution >= 0.6 is 11.6 Å². The van der Waals surface area contributed by atoms with Crippen molar-refractivity contribution < 1.29 is 4.79 Å². The third kappa shape index (κ3) is 3.37. The quantitative estimate of drug-likeness (QED) is 0.741. The summed E-state index contributed by atoms with van der Waals surface area (Å²) in [7, 11) is 0. The van der Waals surface area contributed by atoms with E-state index in [0.29, 0.717) is 17.7 Å². The zero-order valence-electron chi connectivity index (χ0n) is 9.92. The Morgan fingerprint density at radius 3 is 2.53 bits per heavy atom. The lowest BCUT2D eigenvalue weighted by molar-refractivity contribution is -0.126. The van der Waals surface area contributed by atoms with Gasteiger partial charge in [-0.25, -0.2) is 0 Å². The van der Waals surface area contributed by atoms with Gasteiger partial charge in [-0.15, -0.1) is 11.6 Å². The van der Waals surface area contributed by atoms with Crippen LogP contribution in [0.4, 0.5) is 0 Å². The number of carbonyl (C=O) groups is 1. The van der Waals surface area contributed by atoms with Crippen LogP contribution in [0.1, 0.15) is 40.0 Å². The van der Waals surface area contributed by atoms with Crippen LogP contribution in [0.2, 0.25) is 0 Å². The second-order valence-corrected chi connectivity index (χ2v) is 5.34. The topological polar surface area (TPSA) is 29.1 Å². The normalized spacial score (nSPS) is 28.1. The van der Waals surface area contributed by atoms with Crippen LogP contribution < -0.4 is 5.32 Å². The van der Waals surface area contributed by atoms with E-state index in [2.05, 4.69) is 26.1 Å². The van der Waals surface area contributed by atoms with E-state index >= 15 is 0 Å². The van der Waals surface area contributed by atoms with Gasteiger partial charge in [-0.1, -0.05) is 27.2 Å². The third-order valence-electron chi connectivity index (χ3n) is 3.50. The molecule has 0 aromatic carbocycles. The fourth-order valence-electron chi connectivity index (χ4n) is 2.21. The number of carbonyl (C=O) groups excluding carboxylic acids is 1. The molecule has 1 saturated carbocycles. The average Bonchev–Trinajstić information content (AvgIpc) is 2.60. The zero-order chi connectivity index (χ0) is 11.4. The third-order valence-corrected chi connectivity index (χ3v) is 3.83. The smallest absolute Gasteiger partial charge is 0.223 e. The van der Waals surface area contributed by atoms with Gasteiger partial charge in [0.05, 0.1) is 0 Å². The van der Waals surface area contributed by atoms with Crippen LogP contribution in [-0.4, -0.2) is 17.8 Å². The molecule has 3 heteroatoms. The number of alkyl halides is 1. The second kappa shape index (κ2) is 5.74. The van der Waals surface area contributed by atoms with Gasteiger partial charge in [-0.2, -0.15) is 0 Å². The lowest BCUT2D eigenvalue weighted by Crippen LogP contribution is -2.43. The Balaban J connectivity index is 2.46. The Morgan fingerprint density at radius 2 is 2.13 bits per heavy atom. The number of hydrogen-bond donors (Lipinski definition) is 1. The van der Waals surface area contributed by atoms with Gasteiger partial charge < -0.3 is 5.32 Å². The molecule has 0 aromatic rings. The Hall–Kier alpha value is -0.240. The van der Waals surface area contributed by atoms with Crippen LogP contribution in [0.15, 0.2) is 0 Å². The van der Waals surface area contributed by atoms with Crippen molar-refractivity contribution in [2.24, 2.45) is 17.8 Å². The Bertz CT molecular complexity index is 218. The molecule has 1 N–H and O–H groups in total.